The van der Waals surface area contributed by atoms with Gasteiger partial charge in [0, 0.05) is 98.1 Å². The van der Waals surface area contributed by atoms with E-state index in [1.54, 1.807) is 30.6 Å². The quantitative estimate of drug-likeness (QED) is 0.0314. The number of hydrogen-bond acceptors (Lipinski definition) is 17. The number of pyridine rings is 1. The number of imide groups is 2. The average Bonchev–Trinajstić information content (AvgIpc) is 3.64. The molecule has 0 radical (unpaired) electrons. The second kappa shape index (κ2) is 24.1. The van der Waals surface area contributed by atoms with Crippen molar-refractivity contribution in [2.45, 2.75) is 58.2 Å². The van der Waals surface area contributed by atoms with Gasteiger partial charge in [-0.25, -0.2) is 0 Å². The number of amides is 6. The standard InChI is InChI=1S/C53H62N14O7/c1-32(2)40(29-54)48-62-52(64-53(63-48)66-23-18-35(55)19-24-66)59-30-34-8-4-5-9-37(34)47-38-14-13-36(28-33(38)17-20-57-47)60-43(68)12-7-22-65(3)25-27-74-26-21-56-45(70)31-58-41-11-6-10-39-46(41)51(73)67(50(39)72)42-15-16-44(69)61-49(42)71/h4-14,17,20,28-29,32,35,42,58H,15-16,18-19,21-27,30-31,54-55H2,1-3H3,(H,56,70)(H,60,68)(H,61,69,71)(H,59,62,63,64)/b12-7+,40-29-. The number of rotatable bonds is 21. The van der Waals surface area contributed by atoms with Crippen LogP contribution in [-0.4, -0.2) is 137 Å². The third-order valence-corrected chi connectivity index (χ3v) is 13.0. The molecule has 0 spiro atoms. The largest absolute Gasteiger partial charge is 0.404 e. The van der Waals surface area contributed by atoms with Gasteiger partial charge in [-0.1, -0.05) is 56.3 Å². The molecule has 5 heterocycles. The van der Waals surface area contributed by atoms with E-state index in [0.717, 1.165) is 64.0 Å². The number of nitrogens with two attached hydrogens (primary N) is 2. The molecular formula is C53H62N14O7. The van der Waals surface area contributed by atoms with Crippen LogP contribution in [0.3, 0.4) is 0 Å². The number of aromatic nitrogens is 4. The molecule has 2 fully saturated rings. The van der Waals surface area contributed by atoms with Crippen LogP contribution in [0.25, 0.3) is 27.6 Å². The topological polar surface area (TPSA) is 285 Å². The molecule has 3 aliphatic heterocycles. The highest BCUT2D eigenvalue weighted by Crippen LogP contribution is 2.34. The normalized spacial score (nSPS) is 16.4. The highest BCUT2D eigenvalue weighted by molar-refractivity contribution is 6.25. The minimum absolute atomic E-state index is 0.0147. The summed E-state index contributed by atoms with van der Waals surface area (Å²) in [6.45, 7) is 7.82. The Labute approximate surface area is 428 Å². The molecule has 0 bridgehead atoms. The van der Waals surface area contributed by atoms with Crippen molar-refractivity contribution < 1.29 is 33.5 Å². The number of fused-ring (bicyclic) bond motifs is 2. The number of nitrogens with zero attached hydrogens (tertiary/aromatic N) is 7. The van der Waals surface area contributed by atoms with E-state index in [0.29, 0.717) is 49.6 Å². The number of nitrogens with one attached hydrogen (secondary N) is 5. The Hall–Kier alpha value is -8.14. The molecule has 1 unspecified atom stereocenters. The average molecular weight is 1010 g/mol. The molecule has 3 aliphatic rings. The van der Waals surface area contributed by atoms with Crippen LogP contribution in [0.2, 0.25) is 0 Å². The molecule has 5 aromatic rings. The van der Waals surface area contributed by atoms with Crippen LogP contribution < -0.4 is 43.0 Å². The molecule has 2 saturated heterocycles. The smallest absolute Gasteiger partial charge is 0.264 e. The van der Waals surface area contributed by atoms with E-state index >= 15 is 0 Å². The van der Waals surface area contributed by atoms with Gasteiger partial charge in [-0.05, 0) is 73.5 Å². The lowest BCUT2D eigenvalue weighted by atomic mass is 9.99. The summed E-state index contributed by atoms with van der Waals surface area (Å²) >= 11 is 0. The molecular weight excluding hydrogens is 945 g/mol. The van der Waals surface area contributed by atoms with Crippen LogP contribution in [0.1, 0.15) is 71.6 Å². The van der Waals surface area contributed by atoms with E-state index in [1.807, 2.05) is 60.5 Å². The Morgan fingerprint density at radius 2 is 1.73 bits per heavy atom. The van der Waals surface area contributed by atoms with Gasteiger partial charge in [0.1, 0.15) is 6.04 Å². The van der Waals surface area contributed by atoms with E-state index in [1.165, 1.54) is 12.1 Å². The molecule has 0 aliphatic carbocycles. The first-order chi connectivity index (χ1) is 35.8. The van der Waals surface area contributed by atoms with Gasteiger partial charge in [0.15, 0.2) is 5.82 Å². The number of likely N-dealkylation sites (N-methyl/N-ethyl adjacent to an activating group) is 1. The maximum atomic E-state index is 13.3. The van der Waals surface area contributed by atoms with E-state index < -0.39 is 29.7 Å². The molecule has 0 saturated carbocycles. The summed E-state index contributed by atoms with van der Waals surface area (Å²) in [5, 5.41) is 16.1. The zero-order valence-corrected chi connectivity index (χ0v) is 41.7. The second-order valence-corrected chi connectivity index (χ2v) is 18.6. The van der Waals surface area contributed by atoms with Gasteiger partial charge < -0.3 is 47.3 Å². The number of piperidine rings is 2. The van der Waals surface area contributed by atoms with Crippen LogP contribution in [0.5, 0.6) is 0 Å². The number of ether oxygens (including phenoxy) is 1. The van der Waals surface area contributed by atoms with Gasteiger partial charge in [0.05, 0.1) is 36.6 Å². The van der Waals surface area contributed by atoms with Crippen molar-refractivity contribution in [1.82, 2.24) is 40.4 Å². The summed E-state index contributed by atoms with van der Waals surface area (Å²) in [5.41, 5.74) is 16.9. The van der Waals surface area contributed by atoms with Crippen LogP contribution in [-0.2, 0) is 30.5 Å². The Bertz CT molecular complexity index is 2990. The van der Waals surface area contributed by atoms with Gasteiger partial charge in [0.25, 0.3) is 11.8 Å². The van der Waals surface area contributed by atoms with E-state index in [-0.39, 0.29) is 73.1 Å². The van der Waals surface area contributed by atoms with Crippen molar-refractivity contribution >= 4 is 75.1 Å². The molecule has 74 heavy (non-hydrogen) atoms. The van der Waals surface area contributed by atoms with Crippen LogP contribution in [0.4, 0.5) is 23.3 Å². The van der Waals surface area contributed by atoms with Gasteiger partial charge >= 0.3 is 0 Å². The number of allylic oxidation sites excluding steroid dienone is 1. The third-order valence-electron chi connectivity index (χ3n) is 13.0. The number of carbonyl (C=O) groups is 6. The molecule has 386 valence electrons. The number of anilines is 4. The van der Waals surface area contributed by atoms with Crippen molar-refractivity contribution in [2.24, 2.45) is 17.4 Å². The van der Waals surface area contributed by atoms with Gasteiger partial charge in [-0.2, -0.15) is 15.0 Å². The van der Waals surface area contributed by atoms with E-state index in [9.17, 15) is 28.8 Å². The third kappa shape index (κ3) is 12.5. The minimum Gasteiger partial charge on any atom is -0.404 e. The van der Waals surface area contributed by atoms with Crippen LogP contribution in [0.15, 0.2) is 91.3 Å². The lowest BCUT2D eigenvalue weighted by molar-refractivity contribution is -0.136. The lowest BCUT2D eigenvalue weighted by Crippen LogP contribution is -2.54. The van der Waals surface area contributed by atoms with Crippen molar-refractivity contribution in [2.75, 3.05) is 80.4 Å². The highest BCUT2D eigenvalue weighted by Gasteiger charge is 2.45. The number of carbonyl (C=O) groups excluding carboxylic acids is 6. The molecule has 8 rings (SSSR count). The first-order valence-electron chi connectivity index (χ1n) is 24.8. The summed E-state index contributed by atoms with van der Waals surface area (Å²) in [4.78, 5) is 100. The van der Waals surface area contributed by atoms with Crippen molar-refractivity contribution in [1.29, 1.82) is 0 Å². The second-order valence-electron chi connectivity index (χ2n) is 18.6. The zero-order chi connectivity index (χ0) is 52.3. The summed E-state index contributed by atoms with van der Waals surface area (Å²) in [7, 11) is 1.90. The maximum absolute atomic E-state index is 13.3. The molecule has 1 atom stereocenters. The lowest BCUT2D eigenvalue weighted by Gasteiger charge is -2.30. The predicted molar refractivity (Wildman–Crippen MR) is 281 cm³/mol. The Morgan fingerprint density at radius 1 is 0.932 bits per heavy atom. The van der Waals surface area contributed by atoms with Crippen molar-refractivity contribution in [3.05, 3.63) is 114 Å². The predicted octanol–water partition coefficient (Wildman–Crippen LogP) is 3.65. The van der Waals surface area contributed by atoms with Crippen molar-refractivity contribution in [3.63, 3.8) is 0 Å². The first kappa shape index (κ1) is 52.2. The maximum Gasteiger partial charge on any atom is 0.264 e. The summed E-state index contributed by atoms with van der Waals surface area (Å²) < 4.78 is 5.70. The van der Waals surface area contributed by atoms with Crippen LogP contribution >= 0.6 is 0 Å². The highest BCUT2D eigenvalue weighted by atomic mass is 16.5. The summed E-state index contributed by atoms with van der Waals surface area (Å²) in [6.07, 6.45) is 8.37. The molecule has 2 aromatic heterocycles. The fraction of sp³-hybridized carbons (Fsp3) is 0.358. The molecule has 3 aromatic carbocycles. The molecule has 9 N–H and O–H groups in total. The van der Waals surface area contributed by atoms with E-state index in [2.05, 4.69) is 45.3 Å². The minimum atomic E-state index is -1.09. The Kier molecular flexibility index (Phi) is 17.0. The Balaban J connectivity index is 0.772. The SMILES string of the molecule is CC(C)/C(=C/N)c1nc(NCc2ccccc2-c2nccc3cc(NC(=O)/C=C/CN(C)CCOCCNC(=O)CNc4cccc5c4C(=O)N(C4CCC(=O)NC4=O)C5=O)ccc23)nc(N2CCC(N)CC2)n1. The number of benzene rings is 3. The monoisotopic (exact) mass is 1010 g/mol. The number of hydrogen-bond donors (Lipinski definition) is 7. The van der Waals surface area contributed by atoms with Gasteiger partial charge in [-0.15, -0.1) is 0 Å². The van der Waals surface area contributed by atoms with Crippen LogP contribution in [0, 0.1) is 5.92 Å². The van der Waals surface area contributed by atoms with Gasteiger partial charge in [0.2, 0.25) is 35.5 Å². The fourth-order valence-corrected chi connectivity index (χ4v) is 8.99. The van der Waals surface area contributed by atoms with Crippen molar-refractivity contribution in [3.8, 4) is 11.3 Å². The zero-order valence-electron chi connectivity index (χ0n) is 41.7. The van der Waals surface area contributed by atoms with E-state index in [4.69, 9.17) is 36.1 Å². The Morgan fingerprint density at radius 3 is 2.51 bits per heavy atom. The molecule has 21 heteroatoms. The first-order valence-corrected chi connectivity index (χ1v) is 24.8. The summed E-state index contributed by atoms with van der Waals surface area (Å²) in [6, 6.07) is 19.4. The molecule has 21 nitrogen and oxygen atoms in total. The molecule has 6 amide bonds. The van der Waals surface area contributed by atoms with Gasteiger partial charge in [-0.3, -0.25) is 44.0 Å². The summed E-state index contributed by atoms with van der Waals surface area (Å²) in [5.74, 6) is -1.39. The fourth-order valence-electron chi connectivity index (χ4n) is 8.99.